The molecule has 1 atom stereocenters. The van der Waals surface area contributed by atoms with E-state index in [1.807, 2.05) is 0 Å². The molecule has 20 heavy (non-hydrogen) atoms. The van der Waals surface area contributed by atoms with Crippen LogP contribution in [0.2, 0.25) is 0 Å². The van der Waals surface area contributed by atoms with E-state index < -0.39 is 0 Å². The summed E-state index contributed by atoms with van der Waals surface area (Å²) in [5.41, 5.74) is 0.894. The third-order valence-corrected chi connectivity index (χ3v) is 5.98. The Kier molecular flexibility index (Phi) is 4.42. The molecule has 2 nitrogen and oxygen atoms in total. The summed E-state index contributed by atoms with van der Waals surface area (Å²) in [5.74, 6) is 0.761. The SMILES string of the molecule is CC(C)CNCC1(CC2CCC3(CCCC3)O2)CCC1. The highest BCUT2D eigenvalue weighted by atomic mass is 16.5. The summed E-state index contributed by atoms with van der Waals surface area (Å²) in [4.78, 5) is 0. The van der Waals surface area contributed by atoms with Crippen LogP contribution >= 0.6 is 0 Å². The van der Waals surface area contributed by atoms with E-state index in [4.69, 9.17) is 4.74 Å². The molecule has 0 aromatic heterocycles. The first kappa shape index (κ1) is 14.8. The number of hydrogen-bond acceptors (Lipinski definition) is 2. The van der Waals surface area contributed by atoms with Crippen molar-refractivity contribution in [1.29, 1.82) is 0 Å². The van der Waals surface area contributed by atoms with Crippen molar-refractivity contribution in [1.82, 2.24) is 5.32 Å². The van der Waals surface area contributed by atoms with Crippen LogP contribution in [0.15, 0.2) is 0 Å². The third-order valence-electron chi connectivity index (χ3n) is 5.98. The maximum Gasteiger partial charge on any atom is 0.0687 e. The summed E-state index contributed by atoms with van der Waals surface area (Å²) >= 11 is 0. The van der Waals surface area contributed by atoms with Gasteiger partial charge in [0.2, 0.25) is 0 Å². The van der Waals surface area contributed by atoms with E-state index in [0.29, 0.717) is 17.1 Å². The first-order valence-corrected chi connectivity index (χ1v) is 9.00. The van der Waals surface area contributed by atoms with Crippen molar-refractivity contribution < 1.29 is 4.74 Å². The van der Waals surface area contributed by atoms with Gasteiger partial charge in [0, 0.05) is 6.54 Å². The molecule has 3 rings (SSSR count). The summed E-state index contributed by atoms with van der Waals surface area (Å²) in [7, 11) is 0. The molecular formula is C18H33NO. The summed E-state index contributed by atoms with van der Waals surface area (Å²) in [6.45, 7) is 6.98. The number of nitrogens with one attached hydrogen (secondary N) is 1. The van der Waals surface area contributed by atoms with Gasteiger partial charge in [-0.05, 0) is 62.8 Å². The highest BCUT2D eigenvalue weighted by molar-refractivity contribution is 4.97. The summed E-state index contributed by atoms with van der Waals surface area (Å²) < 4.78 is 6.54. The first-order valence-electron chi connectivity index (χ1n) is 9.00. The highest BCUT2D eigenvalue weighted by Crippen LogP contribution is 2.50. The second-order valence-corrected chi connectivity index (χ2v) is 8.25. The molecule has 2 heteroatoms. The van der Waals surface area contributed by atoms with E-state index >= 15 is 0 Å². The molecule has 1 N–H and O–H groups in total. The monoisotopic (exact) mass is 279 g/mol. The molecule has 2 aliphatic carbocycles. The summed E-state index contributed by atoms with van der Waals surface area (Å²) in [6, 6.07) is 0. The Morgan fingerprint density at radius 2 is 1.80 bits per heavy atom. The average Bonchev–Trinajstić information content (AvgIpc) is 2.97. The highest BCUT2D eigenvalue weighted by Gasteiger charge is 2.46. The Hall–Kier alpha value is -0.0800. The van der Waals surface area contributed by atoms with Crippen molar-refractivity contribution >= 4 is 0 Å². The van der Waals surface area contributed by atoms with Crippen molar-refractivity contribution in [3.05, 3.63) is 0 Å². The fraction of sp³-hybridized carbons (Fsp3) is 1.00. The smallest absolute Gasteiger partial charge is 0.0687 e. The molecule has 0 aromatic carbocycles. The first-order chi connectivity index (χ1) is 9.62. The van der Waals surface area contributed by atoms with E-state index in [2.05, 4.69) is 19.2 Å². The molecular weight excluding hydrogens is 246 g/mol. The summed E-state index contributed by atoms with van der Waals surface area (Å²) in [6.07, 6.45) is 14.3. The molecule has 3 fully saturated rings. The number of ether oxygens (including phenoxy) is 1. The van der Waals surface area contributed by atoms with E-state index in [-0.39, 0.29) is 0 Å². The largest absolute Gasteiger partial charge is 0.372 e. The molecule has 0 radical (unpaired) electrons. The predicted molar refractivity (Wildman–Crippen MR) is 83.9 cm³/mol. The molecule has 1 heterocycles. The van der Waals surface area contributed by atoms with Crippen molar-refractivity contribution in [2.45, 2.75) is 89.8 Å². The number of hydrogen-bond donors (Lipinski definition) is 1. The van der Waals surface area contributed by atoms with Gasteiger partial charge in [-0.2, -0.15) is 0 Å². The molecule has 116 valence electrons. The Morgan fingerprint density at radius 1 is 1.05 bits per heavy atom. The maximum atomic E-state index is 6.54. The fourth-order valence-corrected chi connectivity index (χ4v) is 4.67. The van der Waals surface area contributed by atoms with Gasteiger partial charge in [0.05, 0.1) is 11.7 Å². The molecule has 0 amide bonds. The molecule has 1 spiro atoms. The molecule has 3 aliphatic rings. The maximum absolute atomic E-state index is 6.54. The van der Waals surface area contributed by atoms with Crippen LogP contribution in [-0.2, 0) is 4.74 Å². The minimum Gasteiger partial charge on any atom is -0.372 e. The van der Waals surface area contributed by atoms with Gasteiger partial charge < -0.3 is 10.1 Å². The standard InChI is InChI=1S/C18H33NO/c1-15(2)13-19-14-17(7-5-8-17)12-16-6-11-18(20-16)9-3-4-10-18/h15-16,19H,3-14H2,1-2H3. The van der Waals surface area contributed by atoms with E-state index in [9.17, 15) is 0 Å². The normalized spacial score (nSPS) is 31.1. The quantitative estimate of drug-likeness (QED) is 0.783. The Bertz CT molecular complexity index is 315. The summed E-state index contributed by atoms with van der Waals surface area (Å²) in [5, 5.41) is 3.71. The van der Waals surface area contributed by atoms with Crippen molar-refractivity contribution in [3.63, 3.8) is 0 Å². The van der Waals surface area contributed by atoms with Gasteiger partial charge in [-0.3, -0.25) is 0 Å². The second kappa shape index (κ2) is 5.96. The number of rotatable bonds is 6. The van der Waals surface area contributed by atoms with Crippen molar-refractivity contribution in [2.75, 3.05) is 13.1 Å². The molecule has 1 unspecified atom stereocenters. The van der Waals surface area contributed by atoms with E-state index in [0.717, 1.165) is 12.5 Å². The molecule has 0 aromatic rings. The van der Waals surface area contributed by atoms with Gasteiger partial charge in [0.15, 0.2) is 0 Å². The molecule has 1 aliphatic heterocycles. The lowest BCUT2D eigenvalue weighted by molar-refractivity contribution is -0.0640. The fourth-order valence-electron chi connectivity index (χ4n) is 4.67. The zero-order valence-corrected chi connectivity index (χ0v) is 13.5. The van der Waals surface area contributed by atoms with Crippen LogP contribution in [0.5, 0.6) is 0 Å². The third kappa shape index (κ3) is 3.22. The van der Waals surface area contributed by atoms with Crippen molar-refractivity contribution in [3.8, 4) is 0 Å². The van der Waals surface area contributed by atoms with Gasteiger partial charge in [-0.15, -0.1) is 0 Å². The molecule has 2 saturated carbocycles. The van der Waals surface area contributed by atoms with Gasteiger partial charge in [-0.25, -0.2) is 0 Å². The topological polar surface area (TPSA) is 21.3 Å². The Morgan fingerprint density at radius 3 is 2.40 bits per heavy atom. The minimum absolute atomic E-state index is 0.320. The van der Waals surface area contributed by atoms with Crippen molar-refractivity contribution in [2.24, 2.45) is 11.3 Å². The second-order valence-electron chi connectivity index (χ2n) is 8.25. The van der Waals surface area contributed by atoms with Gasteiger partial charge in [0.1, 0.15) is 0 Å². The van der Waals surface area contributed by atoms with Gasteiger partial charge in [0.25, 0.3) is 0 Å². The lowest BCUT2D eigenvalue weighted by Crippen LogP contribution is -2.43. The molecule has 0 bridgehead atoms. The van der Waals surface area contributed by atoms with Crippen LogP contribution in [0.1, 0.15) is 78.1 Å². The predicted octanol–water partition coefficient (Wildman–Crippen LogP) is 4.28. The van der Waals surface area contributed by atoms with Crippen LogP contribution < -0.4 is 5.32 Å². The van der Waals surface area contributed by atoms with E-state index in [1.165, 1.54) is 70.8 Å². The zero-order valence-electron chi connectivity index (χ0n) is 13.5. The average molecular weight is 279 g/mol. The lowest BCUT2D eigenvalue weighted by Gasteiger charge is -2.44. The van der Waals surface area contributed by atoms with E-state index in [1.54, 1.807) is 0 Å². The van der Waals surface area contributed by atoms with Crippen LogP contribution in [0.4, 0.5) is 0 Å². The van der Waals surface area contributed by atoms with Crippen LogP contribution in [0.3, 0.4) is 0 Å². The van der Waals surface area contributed by atoms with Crippen LogP contribution in [0.25, 0.3) is 0 Å². The minimum atomic E-state index is 0.320. The Labute approximate surface area is 125 Å². The van der Waals surface area contributed by atoms with Crippen LogP contribution in [-0.4, -0.2) is 24.8 Å². The van der Waals surface area contributed by atoms with Gasteiger partial charge in [-0.1, -0.05) is 33.1 Å². The molecule has 1 saturated heterocycles. The Balaban J connectivity index is 1.48. The lowest BCUT2D eigenvalue weighted by atomic mass is 9.65. The zero-order chi connectivity index (χ0) is 14.1. The van der Waals surface area contributed by atoms with Crippen LogP contribution in [0, 0.1) is 11.3 Å². The van der Waals surface area contributed by atoms with Gasteiger partial charge >= 0.3 is 0 Å².